The minimum atomic E-state index is -5.16. The highest BCUT2D eigenvalue weighted by Crippen LogP contribution is 2.42. The van der Waals surface area contributed by atoms with Gasteiger partial charge in [-0.05, 0) is 86.1 Å². The topological polar surface area (TPSA) is 96.4 Å². The fraction of sp³-hybridized carbons (Fsp3) is 0.500. The van der Waals surface area contributed by atoms with E-state index in [0.29, 0.717) is 37.8 Å². The molecule has 2 aromatic carbocycles. The fourth-order valence-corrected chi connectivity index (χ4v) is 5.95. The van der Waals surface area contributed by atoms with Crippen molar-refractivity contribution in [1.82, 2.24) is 4.90 Å². The van der Waals surface area contributed by atoms with Crippen molar-refractivity contribution in [2.75, 3.05) is 11.9 Å². The van der Waals surface area contributed by atoms with Crippen LogP contribution in [0, 0.1) is 11.8 Å². The third-order valence-corrected chi connectivity index (χ3v) is 8.31. The van der Waals surface area contributed by atoms with Gasteiger partial charge in [0, 0.05) is 25.1 Å². The van der Waals surface area contributed by atoms with Crippen molar-refractivity contribution >= 4 is 23.7 Å². The number of cyclic esters (lactones) is 1. The van der Waals surface area contributed by atoms with Crippen molar-refractivity contribution in [2.45, 2.75) is 76.4 Å². The quantitative estimate of drug-likeness (QED) is 0.284. The summed E-state index contributed by atoms with van der Waals surface area (Å²) >= 11 is 0. The Labute approximate surface area is 262 Å². The summed E-state index contributed by atoms with van der Waals surface area (Å²) in [6.07, 6.45) is -16.6. The maximum absolute atomic E-state index is 13.5. The molecule has 0 bridgehead atoms. The zero-order chi connectivity index (χ0) is 35.1. The van der Waals surface area contributed by atoms with Crippen LogP contribution in [0.15, 0.2) is 36.4 Å². The molecule has 1 aliphatic heterocycles. The van der Waals surface area contributed by atoms with Crippen molar-refractivity contribution in [1.29, 1.82) is 0 Å². The molecular weight excluding hydrogens is 655 g/mol. The molecule has 1 saturated carbocycles. The lowest BCUT2D eigenvalue weighted by atomic mass is 9.80. The van der Waals surface area contributed by atoms with Crippen LogP contribution in [0.25, 0.3) is 0 Å². The summed E-state index contributed by atoms with van der Waals surface area (Å²) in [6.45, 7) is 0.720. The molecule has 0 spiro atoms. The number of aliphatic carboxylic acids is 1. The molecular formula is C30H29F9N2O6. The molecule has 1 heterocycles. The summed E-state index contributed by atoms with van der Waals surface area (Å²) in [5.74, 6) is -2.75. The van der Waals surface area contributed by atoms with E-state index < -0.39 is 83.7 Å². The van der Waals surface area contributed by atoms with Gasteiger partial charge in [-0.2, -0.15) is 26.3 Å². The number of carbonyl (C=O) groups is 3. The van der Waals surface area contributed by atoms with Gasteiger partial charge in [0.25, 0.3) is 0 Å². The molecule has 258 valence electrons. The van der Waals surface area contributed by atoms with E-state index in [1.54, 1.807) is 0 Å². The summed E-state index contributed by atoms with van der Waals surface area (Å²) < 4.78 is 129. The normalized spacial score (nSPS) is 22.2. The highest BCUT2D eigenvalue weighted by molar-refractivity contribution is 5.95. The number of amides is 2. The minimum Gasteiger partial charge on any atom is -0.481 e. The van der Waals surface area contributed by atoms with Crippen LogP contribution in [0.2, 0.25) is 0 Å². The molecule has 2 aliphatic rings. The summed E-state index contributed by atoms with van der Waals surface area (Å²) in [5.41, 5.74) is -3.86. The first-order valence-electron chi connectivity index (χ1n) is 14.3. The van der Waals surface area contributed by atoms with Crippen molar-refractivity contribution in [3.05, 3.63) is 58.7 Å². The molecule has 0 radical (unpaired) electrons. The lowest BCUT2D eigenvalue weighted by molar-refractivity contribution is -0.274. The molecule has 2 fully saturated rings. The Bertz CT molecular complexity index is 1470. The molecule has 8 nitrogen and oxygen atoms in total. The smallest absolute Gasteiger partial charge is 0.481 e. The van der Waals surface area contributed by atoms with Crippen LogP contribution in [0.4, 0.5) is 50.0 Å². The van der Waals surface area contributed by atoms with Crippen molar-refractivity contribution in [3.8, 4) is 5.75 Å². The van der Waals surface area contributed by atoms with Crippen LogP contribution >= 0.6 is 0 Å². The summed E-state index contributed by atoms with van der Waals surface area (Å²) in [4.78, 5) is 39.5. The Kier molecular flexibility index (Phi) is 9.97. The third-order valence-electron chi connectivity index (χ3n) is 8.31. The van der Waals surface area contributed by atoms with Gasteiger partial charge in [0.05, 0.1) is 23.7 Å². The maximum atomic E-state index is 13.5. The Morgan fingerprint density at radius 1 is 0.936 bits per heavy atom. The number of carboxylic acid groups (broad SMARTS) is 1. The van der Waals surface area contributed by atoms with Crippen LogP contribution in [0.3, 0.4) is 0 Å². The van der Waals surface area contributed by atoms with Crippen molar-refractivity contribution in [3.63, 3.8) is 0 Å². The predicted molar refractivity (Wildman–Crippen MR) is 145 cm³/mol. The molecule has 1 saturated heterocycles. The van der Waals surface area contributed by atoms with Gasteiger partial charge in [-0.25, -0.2) is 4.79 Å². The number of halogens is 9. The molecule has 1 aliphatic carbocycles. The van der Waals surface area contributed by atoms with E-state index in [1.807, 2.05) is 0 Å². The molecule has 47 heavy (non-hydrogen) atoms. The van der Waals surface area contributed by atoms with Crippen LogP contribution in [-0.2, 0) is 33.2 Å². The average molecular weight is 685 g/mol. The Balaban J connectivity index is 1.64. The zero-order valence-corrected chi connectivity index (χ0v) is 24.8. The molecule has 4 rings (SSSR count). The van der Waals surface area contributed by atoms with E-state index in [1.165, 1.54) is 18.9 Å². The van der Waals surface area contributed by atoms with E-state index in [2.05, 4.69) is 4.74 Å². The second-order valence-corrected chi connectivity index (χ2v) is 11.6. The first-order valence-corrected chi connectivity index (χ1v) is 14.3. The van der Waals surface area contributed by atoms with E-state index in [0.717, 1.165) is 23.1 Å². The fourth-order valence-electron chi connectivity index (χ4n) is 5.95. The molecule has 0 unspecified atom stereocenters. The van der Waals surface area contributed by atoms with Gasteiger partial charge in [-0.15, -0.1) is 13.2 Å². The minimum absolute atomic E-state index is 0.0509. The lowest BCUT2D eigenvalue weighted by Gasteiger charge is -2.31. The number of benzene rings is 2. The number of carbonyl (C=O) groups excluding carboxylic acids is 2. The second kappa shape index (κ2) is 13.1. The highest BCUT2D eigenvalue weighted by Gasteiger charge is 2.44. The first-order chi connectivity index (χ1) is 21.6. The standard InChI is InChI=1S/C30H29F9N2O6/c1-15-25(18-10-20(28(31,32)33)13-21(11-18)29(34,35)36)46-27(45)41(15)14-19-12-22(47-30(37,38)39)7-8-23(19)40(2)26(44)17-5-3-16(4-6-17)9-24(42)43/h7-8,10-13,15-17,25H,3-6,9,14H2,1-2H3,(H,42,43)/t15-,16?,17?,25-/m0/s1. The van der Waals surface area contributed by atoms with E-state index in [-0.39, 0.29) is 29.7 Å². The second-order valence-electron chi connectivity index (χ2n) is 11.6. The molecule has 17 heteroatoms. The number of carboxylic acids is 1. The van der Waals surface area contributed by atoms with Crippen molar-refractivity contribution < 1.29 is 68.5 Å². The molecule has 2 aromatic rings. The van der Waals surface area contributed by atoms with Gasteiger partial charge in [0.15, 0.2) is 0 Å². The average Bonchev–Trinajstić information content (AvgIpc) is 3.23. The lowest BCUT2D eigenvalue weighted by Crippen LogP contribution is -2.37. The maximum Gasteiger partial charge on any atom is 0.573 e. The first kappa shape index (κ1) is 35.7. The molecule has 2 amide bonds. The number of nitrogens with zero attached hydrogens (tertiary/aromatic N) is 2. The van der Waals surface area contributed by atoms with Crippen LogP contribution < -0.4 is 9.64 Å². The van der Waals surface area contributed by atoms with Crippen LogP contribution in [0.5, 0.6) is 5.75 Å². The van der Waals surface area contributed by atoms with Crippen LogP contribution in [0.1, 0.15) is 67.4 Å². The van der Waals surface area contributed by atoms with Gasteiger partial charge in [-0.3, -0.25) is 14.5 Å². The number of hydrogen-bond donors (Lipinski definition) is 1. The number of rotatable bonds is 8. The SMILES string of the molecule is C[C@H]1[C@@H](c2cc(C(F)(F)F)cc(C(F)(F)F)c2)OC(=O)N1Cc1cc(OC(F)(F)F)ccc1N(C)C(=O)C1CCC(CC(=O)O)CC1. The predicted octanol–water partition coefficient (Wildman–Crippen LogP) is 7.95. The Morgan fingerprint density at radius 3 is 2.02 bits per heavy atom. The zero-order valence-electron chi connectivity index (χ0n) is 24.8. The van der Waals surface area contributed by atoms with Gasteiger partial charge in [-0.1, -0.05) is 0 Å². The molecule has 0 aromatic heterocycles. The van der Waals surface area contributed by atoms with E-state index >= 15 is 0 Å². The largest absolute Gasteiger partial charge is 0.573 e. The number of alkyl halides is 9. The third kappa shape index (κ3) is 8.60. The summed E-state index contributed by atoms with van der Waals surface area (Å²) in [6, 6.07) is 2.56. The highest BCUT2D eigenvalue weighted by atomic mass is 19.4. The van der Waals surface area contributed by atoms with Crippen LogP contribution in [-0.4, -0.2) is 47.4 Å². The monoisotopic (exact) mass is 684 g/mol. The van der Waals surface area contributed by atoms with E-state index in [9.17, 15) is 53.9 Å². The summed E-state index contributed by atoms with van der Waals surface area (Å²) in [7, 11) is 1.35. The number of anilines is 1. The number of ether oxygens (including phenoxy) is 2. The Morgan fingerprint density at radius 2 is 1.51 bits per heavy atom. The van der Waals surface area contributed by atoms with Gasteiger partial charge in [0.1, 0.15) is 11.9 Å². The summed E-state index contributed by atoms with van der Waals surface area (Å²) in [5, 5.41) is 9.04. The number of hydrogen-bond acceptors (Lipinski definition) is 5. The molecule has 2 atom stereocenters. The van der Waals surface area contributed by atoms with Crippen molar-refractivity contribution in [2.24, 2.45) is 11.8 Å². The molecule has 1 N–H and O–H groups in total. The Hall–Kier alpha value is -4.18. The van der Waals surface area contributed by atoms with Gasteiger partial charge >= 0.3 is 30.8 Å². The van der Waals surface area contributed by atoms with E-state index in [4.69, 9.17) is 9.84 Å². The van der Waals surface area contributed by atoms with Gasteiger partial charge < -0.3 is 19.5 Å². The van der Waals surface area contributed by atoms with Gasteiger partial charge in [0.2, 0.25) is 5.91 Å².